The van der Waals surface area contributed by atoms with Crippen LogP contribution in [-0.2, 0) is 101 Å². The molecule has 0 bridgehead atoms. The first-order chi connectivity index (χ1) is 62.0. The second-order valence-corrected chi connectivity index (χ2v) is 34.4. The van der Waals surface area contributed by atoms with Crippen LogP contribution >= 0.6 is 11.6 Å². The van der Waals surface area contributed by atoms with Gasteiger partial charge in [-0.3, -0.25) is 57.5 Å². The number of benzene rings is 2. The third-order valence-corrected chi connectivity index (χ3v) is 22.8. The average molecular weight is 1800 g/mol. The van der Waals surface area contributed by atoms with Crippen molar-refractivity contribution in [3.8, 4) is 11.4 Å². The van der Waals surface area contributed by atoms with Crippen LogP contribution in [0.3, 0.4) is 0 Å². The Balaban J connectivity index is 0.511. The minimum atomic E-state index is -0.559. The number of methoxy groups -OCH3 is 1. The van der Waals surface area contributed by atoms with Gasteiger partial charge in [0.2, 0.25) is 17.3 Å². The highest BCUT2D eigenvalue weighted by atomic mass is 35.5. The highest BCUT2D eigenvalue weighted by Crippen LogP contribution is 2.36. The van der Waals surface area contributed by atoms with E-state index in [0.29, 0.717) is 203 Å². The van der Waals surface area contributed by atoms with Gasteiger partial charge in [0.05, 0.1) is 132 Å². The summed E-state index contributed by atoms with van der Waals surface area (Å²) >= 11 is 6.25. The molecule has 0 amide bonds. The summed E-state index contributed by atoms with van der Waals surface area (Å²) in [5.74, 6) is 1.69. The SMILES string of the molecule is COc1ccc2c(c1)C(c1ccc(Cl)cc1)=N[C@@H](CC(=O)CCCOCCOCCOCCOCCOCCOCCC(=O)CCCCN(C)CCCCC(=O)c1cc(CC(=O)c3nc(CC(=O)CCCC(=O)c4cc(CC(=O)c5nc(CC(=O)CCCC(=O)c6cc(CC(=O)c7nccn7C(C)C)cn6C)cn5C(C)C)cn4C)cn3C(C)C)cn1C)c1nnc(C)n1-2. The lowest BCUT2D eigenvalue weighted by atomic mass is 9.99. The lowest BCUT2D eigenvalue weighted by molar-refractivity contribution is -0.121. The van der Waals surface area contributed by atoms with E-state index in [1.807, 2.05) is 107 Å². The zero-order valence-corrected chi connectivity index (χ0v) is 77.7. The molecule has 1 aliphatic heterocycles. The molecular formula is C97H127ClN14O17. The molecule has 0 N–H and O–H groups in total. The first kappa shape index (κ1) is 100. The fourth-order valence-electron chi connectivity index (χ4n) is 15.7. The van der Waals surface area contributed by atoms with Gasteiger partial charge in [-0.25, -0.2) is 15.0 Å². The van der Waals surface area contributed by atoms with Crippen LogP contribution < -0.4 is 4.74 Å². The van der Waals surface area contributed by atoms with E-state index in [-0.39, 0.29) is 158 Å². The van der Waals surface area contributed by atoms with Gasteiger partial charge < -0.3 is 65.5 Å². The molecule has 0 spiro atoms. The van der Waals surface area contributed by atoms with Crippen LogP contribution in [-0.4, -0.2) is 232 Å². The fourth-order valence-corrected chi connectivity index (χ4v) is 15.9. The summed E-state index contributed by atoms with van der Waals surface area (Å²) < 4.78 is 51.9. The molecular weight excluding hydrogens is 1670 g/mol. The van der Waals surface area contributed by atoms with E-state index in [1.54, 1.807) is 113 Å². The number of hydrogen-bond acceptors (Lipinski definition) is 24. The van der Waals surface area contributed by atoms with E-state index in [0.717, 1.165) is 49.2 Å². The number of rotatable bonds is 63. The minimum Gasteiger partial charge on any atom is -0.497 e. The Morgan fingerprint density at radius 2 is 0.876 bits per heavy atom. The largest absolute Gasteiger partial charge is 0.497 e. The van der Waals surface area contributed by atoms with Gasteiger partial charge in [-0.2, -0.15) is 0 Å². The number of imidazole rings is 3. The number of carbonyl (C=O) groups excluding carboxylic acids is 10. The summed E-state index contributed by atoms with van der Waals surface area (Å²) in [6, 6.07) is 17.7. The summed E-state index contributed by atoms with van der Waals surface area (Å²) in [6.45, 7) is 20.0. The Bertz CT molecular complexity index is 5320. The second kappa shape index (κ2) is 50.4. The maximum absolute atomic E-state index is 13.9. The van der Waals surface area contributed by atoms with Crippen molar-refractivity contribution in [3.63, 3.8) is 0 Å². The second-order valence-electron chi connectivity index (χ2n) is 34.0. The van der Waals surface area contributed by atoms with Crippen molar-refractivity contribution in [2.24, 2.45) is 26.1 Å². The van der Waals surface area contributed by atoms with Crippen molar-refractivity contribution in [2.45, 2.75) is 207 Å². The number of aryl methyl sites for hydroxylation is 4. The van der Waals surface area contributed by atoms with Gasteiger partial charge in [0.25, 0.3) is 0 Å². The summed E-state index contributed by atoms with van der Waals surface area (Å²) in [4.78, 5) is 155. The molecule has 8 heterocycles. The number of carbonyl (C=O) groups is 10. The van der Waals surface area contributed by atoms with Crippen molar-refractivity contribution in [1.82, 2.24) is 62.0 Å². The van der Waals surface area contributed by atoms with E-state index in [4.69, 9.17) is 49.8 Å². The number of aromatic nitrogens is 12. The zero-order valence-electron chi connectivity index (χ0n) is 77.0. The summed E-state index contributed by atoms with van der Waals surface area (Å²) in [5.41, 5.74) is 7.50. The standard InChI is InChI=1S/C97H127ClN14O17/c1-65(2)109-37-34-99-95(109)90(120)53-69-50-85(107(10)60-69)88(118)25-17-21-77(114)57-75-64-111(67(5)6)97(101-75)92(122)55-71-52-86(108(11)62-71)89(119)26-18-22-78(115)56-74-63-110(66(3)4)96(100-74)91(121)54-70-51-84(106(9)61-70)87(117)24-14-16-36-105(8)35-15-13-20-76(113)33-39-125-41-43-127-45-47-129-49-48-128-46-44-126-42-40-124-38-19-23-79(116)58-82-94-104-103-68(7)112(94)83-32-31-80(123-12)59-81(83)93(102-82)72-27-29-73(98)30-28-72/h27-32,34,37,50-52,59-67,82H,13-26,33,35-36,38-49,53-58H2,1-12H3/t82-/m0/s1. The highest BCUT2D eigenvalue weighted by molar-refractivity contribution is 6.30. The number of unbranched alkanes of at least 4 members (excludes halogenated alkanes) is 2. The van der Waals surface area contributed by atoms with Crippen LogP contribution in [0.15, 0.2) is 109 Å². The summed E-state index contributed by atoms with van der Waals surface area (Å²) in [7, 11) is 8.95. The average Bonchev–Trinajstić information content (AvgIpc) is 1.61. The van der Waals surface area contributed by atoms with Crippen molar-refractivity contribution >= 4 is 75.1 Å². The van der Waals surface area contributed by atoms with Crippen LogP contribution in [0, 0.1) is 6.92 Å². The molecule has 7 aromatic heterocycles. The van der Waals surface area contributed by atoms with E-state index < -0.39 is 6.04 Å². The smallest absolute Gasteiger partial charge is 0.202 e. The maximum atomic E-state index is 13.9. The number of ether oxygens (including phenoxy) is 7. The van der Waals surface area contributed by atoms with Crippen molar-refractivity contribution in [3.05, 3.63) is 194 Å². The molecule has 2 aromatic carbocycles. The Kier molecular flexibility index (Phi) is 39.2. The topological polar surface area (TPSA) is 350 Å². The quantitative estimate of drug-likeness (QED) is 0.0252. The highest BCUT2D eigenvalue weighted by Gasteiger charge is 2.32. The minimum absolute atomic E-state index is 0.0112. The lowest BCUT2D eigenvalue weighted by Gasteiger charge is -2.16. The number of hydrogen-bond donors (Lipinski definition) is 0. The molecule has 10 rings (SSSR count). The molecule has 129 heavy (non-hydrogen) atoms. The van der Waals surface area contributed by atoms with Crippen molar-refractivity contribution in [2.75, 3.05) is 107 Å². The number of aliphatic imine (C=N–C) groups is 1. The number of ketones is 10. The summed E-state index contributed by atoms with van der Waals surface area (Å²) in [6.07, 6.45) is 18.6. The van der Waals surface area contributed by atoms with E-state index in [2.05, 4.69) is 30.0 Å². The van der Waals surface area contributed by atoms with Gasteiger partial charge in [0, 0.05) is 182 Å². The van der Waals surface area contributed by atoms with E-state index in [9.17, 15) is 47.9 Å². The first-order valence-corrected chi connectivity index (χ1v) is 45.4. The Morgan fingerprint density at radius 1 is 0.442 bits per heavy atom. The van der Waals surface area contributed by atoms with Crippen LogP contribution in [0.5, 0.6) is 5.75 Å². The van der Waals surface area contributed by atoms with Gasteiger partial charge in [0.1, 0.15) is 40.7 Å². The zero-order chi connectivity index (χ0) is 92.6. The normalized spacial score (nSPS) is 12.7. The van der Waals surface area contributed by atoms with Gasteiger partial charge in [-0.15, -0.1) is 10.2 Å². The first-order valence-electron chi connectivity index (χ1n) is 45.0. The molecule has 0 saturated carbocycles. The Morgan fingerprint density at radius 3 is 1.35 bits per heavy atom. The maximum Gasteiger partial charge on any atom is 0.202 e. The lowest BCUT2D eigenvalue weighted by Crippen LogP contribution is -2.21. The molecule has 694 valence electrons. The molecule has 31 nitrogen and oxygen atoms in total. The molecule has 32 heteroatoms. The van der Waals surface area contributed by atoms with Gasteiger partial charge in [-0.1, -0.05) is 23.7 Å². The monoisotopic (exact) mass is 1790 g/mol. The number of nitrogens with zero attached hydrogens (tertiary/aromatic N) is 14. The number of Topliss-reactive ketones (excluding diaryl/α,β-unsaturated/α-hetero) is 10. The molecule has 1 atom stereocenters. The van der Waals surface area contributed by atoms with Crippen molar-refractivity contribution < 1.29 is 81.1 Å². The molecule has 0 unspecified atom stereocenters. The predicted molar refractivity (Wildman–Crippen MR) is 487 cm³/mol. The molecule has 1 aliphatic rings. The van der Waals surface area contributed by atoms with Crippen LogP contribution in [0.2, 0.25) is 5.02 Å². The van der Waals surface area contributed by atoms with Crippen LogP contribution in [0.25, 0.3) is 5.69 Å². The van der Waals surface area contributed by atoms with Crippen LogP contribution in [0.4, 0.5) is 0 Å². The van der Waals surface area contributed by atoms with E-state index in [1.165, 1.54) is 0 Å². The number of fused-ring (bicyclic) bond motifs is 3. The summed E-state index contributed by atoms with van der Waals surface area (Å²) in [5, 5.41) is 9.45. The van der Waals surface area contributed by atoms with Gasteiger partial charge >= 0.3 is 0 Å². The molecule has 0 fully saturated rings. The van der Waals surface area contributed by atoms with Crippen LogP contribution in [0.1, 0.15) is 283 Å². The Labute approximate surface area is 760 Å². The van der Waals surface area contributed by atoms with Gasteiger partial charge in [-0.05, 0) is 179 Å². The Hall–Kier alpha value is -10.8. The van der Waals surface area contributed by atoms with Crippen molar-refractivity contribution in [1.29, 1.82) is 0 Å². The predicted octanol–water partition coefficient (Wildman–Crippen LogP) is 14.0. The molecule has 0 saturated heterocycles. The third-order valence-electron chi connectivity index (χ3n) is 22.5. The third kappa shape index (κ3) is 30.1. The molecule has 0 aliphatic carbocycles. The fraction of sp³-hybridized carbons (Fsp3) is 0.526. The molecule has 9 aromatic rings. The van der Waals surface area contributed by atoms with E-state index >= 15 is 0 Å². The molecule has 0 radical (unpaired) electrons. The number of halogens is 1. The van der Waals surface area contributed by atoms with Gasteiger partial charge in [0.15, 0.2) is 40.6 Å².